The van der Waals surface area contributed by atoms with Crippen molar-refractivity contribution in [2.24, 2.45) is 23.7 Å². The molecule has 4 fully saturated rings. The lowest BCUT2D eigenvalue weighted by Crippen LogP contribution is -2.26. The number of hydrogen-bond acceptors (Lipinski definition) is 1. The van der Waals surface area contributed by atoms with Gasteiger partial charge in [0.25, 0.3) is 0 Å². The molecule has 3 aliphatic carbocycles. The maximum Gasteiger partial charge on any atom is 0.0314 e. The number of rotatable bonds is 2. The second-order valence-electron chi connectivity index (χ2n) is 5.86. The van der Waals surface area contributed by atoms with Gasteiger partial charge in [-0.1, -0.05) is 11.6 Å². The standard InChI is InChI=1S/C13H19N/c1-2-8(1)3-4-11-9-5-10-7-14-13(11)12(10)6-9/h4,8-10,12-14H,1-3,5-7H2/b11-4-. The third-order valence-corrected chi connectivity index (χ3v) is 4.99. The van der Waals surface area contributed by atoms with Crippen molar-refractivity contribution >= 4 is 0 Å². The fraction of sp³-hybridized carbons (Fsp3) is 0.846. The van der Waals surface area contributed by atoms with Gasteiger partial charge < -0.3 is 5.32 Å². The van der Waals surface area contributed by atoms with Crippen molar-refractivity contribution < 1.29 is 0 Å². The Bertz CT molecular complexity index is 288. The molecule has 1 heterocycles. The van der Waals surface area contributed by atoms with Gasteiger partial charge in [0.1, 0.15) is 0 Å². The zero-order valence-corrected chi connectivity index (χ0v) is 8.71. The molecule has 4 rings (SSSR count). The summed E-state index contributed by atoms with van der Waals surface area (Å²) in [4.78, 5) is 0. The summed E-state index contributed by atoms with van der Waals surface area (Å²) in [5.41, 5.74) is 1.82. The maximum atomic E-state index is 3.74. The van der Waals surface area contributed by atoms with E-state index in [-0.39, 0.29) is 0 Å². The SMILES string of the molecule is C(/CC1CC1)=C1\C2CC3CNC1C3C2. The summed E-state index contributed by atoms with van der Waals surface area (Å²) in [5, 5.41) is 3.74. The van der Waals surface area contributed by atoms with E-state index in [1.165, 1.54) is 38.6 Å². The molecule has 3 saturated carbocycles. The van der Waals surface area contributed by atoms with E-state index in [0.717, 1.165) is 29.7 Å². The molecule has 76 valence electrons. The Hall–Kier alpha value is -0.300. The van der Waals surface area contributed by atoms with Crippen LogP contribution in [0.4, 0.5) is 0 Å². The van der Waals surface area contributed by atoms with Gasteiger partial charge in [-0.15, -0.1) is 0 Å². The van der Waals surface area contributed by atoms with Gasteiger partial charge in [0, 0.05) is 6.04 Å². The number of nitrogens with one attached hydrogen (secondary N) is 1. The van der Waals surface area contributed by atoms with Gasteiger partial charge in [-0.05, 0) is 62.3 Å². The molecule has 1 aliphatic heterocycles. The van der Waals surface area contributed by atoms with Gasteiger partial charge in [0.05, 0.1) is 0 Å². The number of hydrogen-bond donors (Lipinski definition) is 1. The van der Waals surface area contributed by atoms with Crippen LogP contribution in [0.15, 0.2) is 11.6 Å². The van der Waals surface area contributed by atoms with Crippen LogP contribution in [-0.4, -0.2) is 12.6 Å². The lowest BCUT2D eigenvalue weighted by atomic mass is 9.86. The van der Waals surface area contributed by atoms with Crippen molar-refractivity contribution in [1.82, 2.24) is 5.32 Å². The Morgan fingerprint density at radius 1 is 1.29 bits per heavy atom. The van der Waals surface area contributed by atoms with Crippen LogP contribution in [-0.2, 0) is 0 Å². The highest BCUT2D eigenvalue weighted by Gasteiger charge is 2.52. The van der Waals surface area contributed by atoms with Gasteiger partial charge in [-0.3, -0.25) is 0 Å². The van der Waals surface area contributed by atoms with Crippen molar-refractivity contribution in [1.29, 1.82) is 0 Å². The molecular weight excluding hydrogens is 170 g/mol. The third kappa shape index (κ3) is 0.995. The number of fused-ring (bicyclic) bond motifs is 1. The van der Waals surface area contributed by atoms with Gasteiger partial charge in [0.15, 0.2) is 0 Å². The van der Waals surface area contributed by atoms with Gasteiger partial charge in [-0.2, -0.15) is 0 Å². The second kappa shape index (κ2) is 2.63. The van der Waals surface area contributed by atoms with Gasteiger partial charge >= 0.3 is 0 Å². The minimum absolute atomic E-state index is 0.817. The second-order valence-corrected chi connectivity index (χ2v) is 5.86. The third-order valence-electron chi connectivity index (χ3n) is 4.99. The Balaban J connectivity index is 1.58. The van der Waals surface area contributed by atoms with Crippen LogP contribution >= 0.6 is 0 Å². The molecule has 2 bridgehead atoms. The molecule has 1 heteroatoms. The minimum atomic E-state index is 0.817. The first kappa shape index (κ1) is 7.92. The summed E-state index contributed by atoms with van der Waals surface area (Å²) in [7, 11) is 0. The molecule has 4 atom stereocenters. The molecular formula is C13H19N. The first-order valence-electron chi connectivity index (χ1n) is 6.35. The van der Waals surface area contributed by atoms with Crippen LogP contribution in [0.25, 0.3) is 0 Å². The van der Waals surface area contributed by atoms with Crippen molar-refractivity contribution in [3.05, 3.63) is 11.6 Å². The van der Waals surface area contributed by atoms with Crippen LogP contribution in [0.5, 0.6) is 0 Å². The van der Waals surface area contributed by atoms with E-state index in [4.69, 9.17) is 0 Å². The van der Waals surface area contributed by atoms with E-state index < -0.39 is 0 Å². The zero-order valence-electron chi connectivity index (χ0n) is 8.71. The van der Waals surface area contributed by atoms with Crippen molar-refractivity contribution in [3.8, 4) is 0 Å². The molecule has 0 amide bonds. The Labute approximate surface area is 86.0 Å². The first-order valence-corrected chi connectivity index (χ1v) is 6.35. The Morgan fingerprint density at radius 3 is 3.07 bits per heavy atom. The Morgan fingerprint density at radius 2 is 2.21 bits per heavy atom. The van der Waals surface area contributed by atoms with E-state index in [2.05, 4.69) is 11.4 Å². The van der Waals surface area contributed by atoms with E-state index in [1.807, 2.05) is 5.57 Å². The predicted molar refractivity (Wildman–Crippen MR) is 56.9 cm³/mol. The highest BCUT2D eigenvalue weighted by atomic mass is 15.0. The van der Waals surface area contributed by atoms with Gasteiger partial charge in [0.2, 0.25) is 0 Å². The fourth-order valence-corrected chi connectivity index (χ4v) is 4.07. The molecule has 0 aromatic rings. The van der Waals surface area contributed by atoms with Crippen molar-refractivity contribution in [2.45, 2.75) is 38.1 Å². The van der Waals surface area contributed by atoms with Crippen molar-refractivity contribution in [2.75, 3.05) is 6.54 Å². The average Bonchev–Trinajstić information content (AvgIpc) is 2.71. The molecule has 0 aromatic carbocycles. The van der Waals surface area contributed by atoms with Crippen LogP contribution < -0.4 is 5.32 Å². The normalized spacial score (nSPS) is 52.1. The summed E-state index contributed by atoms with van der Waals surface area (Å²) in [6.07, 6.45) is 10.0. The summed E-state index contributed by atoms with van der Waals surface area (Å²) in [6.45, 7) is 1.31. The molecule has 4 aliphatic rings. The molecule has 4 unspecified atom stereocenters. The molecule has 1 nitrogen and oxygen atoms in total. The number of allylic oxidation sites excluding steroid dienone is 1. The zero-order chi connectivity index (χ0) is 9.12. The molecule has 0 spiro atoms. The largest absolute Gasteiger partial charge is 0.310 e. The maximum absolute atomic E-state index is 3.74. The highest BCUT2D eigenvalue weighted by molar-refractivity contribution is 5.29. The van der Waals surface area contributed by atoms with Crippen LogP contribution in [0, 0.1) is 23.7 Å². The predicted octanol–water partition coefficient (Wildman–Crippen LogP) is 2.34. The lowest BCUT2D eigenvalue weighted by molar-refractivity contribution is 0.438. The monoisotopic (exact) mass is 189 g/mol. The van der Waals surface area contributed by atoms with Crippen LogP contribution in [0.3, 0.4) is 0 Å². The molecule has 1 N–H and O–H groups in total. The fourth-order valence-electron chi connectivity index (χ4n) is 4.07. The molecule has 14 heavy (non-hydrogen) atoms. The summed E-state index contributed by atoms with van der Waals surface area (Å²) < 4.78 is 0. The van der Waals surface area contributed by atoms with Gasteiger partial charge in [-0.25, -0.2) is 0 Å². The molecule has 0 radical (unpaired) electrons. The average molecular weight is 189 g/mol. The molecule has 1 saturated heterocycles. The smallest absolute Gasteiger partial charge is 0.0314 e. The van der Waals surface area contributed by atoms with E-state index in [1.54, 1.807) is 0 Å². The Kier molecular flexibility index (Phi) is 1.49. The topological polar surface area (TPSA) is 12.0 Å². The van der Waals surface area contributed by atoms with Crippen LogP contribution in [0.1, 0.15) is 32.1 Å². The van der Waals surface area contributed by atoms with E-state index >= 15 is 0 Å². The molecule has 0 aromatic heterocycles. The van der Waals surface area contributed by atoms with Crippen molar-refractivity contribution in [3.63, 3.8) is 0 Å². The minimum Gasteiger partial charge on any atom is -0.310 e. The quantitative estimate of drug-likeness (QED) is 0.657. The summed E-state index contributed by atoms with van der Waals surface area (Å²) in [5.74, 6) is 4.14. The summed E-state index contributed by atoms with van der Waals surface area (Å²) in [6, 6.07) is 0.817. The summed E-state index contributed by atoms with van der Waals surface area (Å²) >= 11 is 0. The lowest BCUT2D eigenvalue weighted by Gasteiger charge is -2.20. The first-order chi connectivity index (χ1) is 6.92. The van der Waals surface area contributed by atoms with E-state index in [0.29, 0.717) is 0 Å². The highest BCUT2D eigenvalue weighted by Crippen LogP contribution is 2.54. The van der Waals surface area contributed by atoms with E-state index in [9.17, 15) is 0 Å². The van der Waals surface area contributed by atoms with Crippen LogP contribution in [0.2, 0.25) is 0 Å².